The predicted molar refractivity (Wildman–Crippen MR) is 46.3 cm³/mol. The third-order valence-electron chi connectivity index (χ3n) is 0.707. The summed E-state index contributed by atoms with van der Waals surface area (Å²) in [6.07, 6.45) is 2.19. The topological polar surface area (TPSA) is 0 Å². The summed E-state index contributed by atoms with van der Waals surface area (Å²) in [4.78, 5) is 0. The summed E-state index contributed by atoms with van der Waals surface area (Å²) in [6.45, 7) is 6.98. The molecule has 0 atom stereocenters. The van der Waals surface area contributed by atoms with Crippen LogP contribution in [0.3, 0.4) is 0 Å². The molecule has 0 heterocycles. The first kappa shape index (κ1) is 8.44. The Hall–Kier alpha value is 0.437. The van der Waals surface area contributed by atoms with Crippen molar-refractivity contribution in [2.45, 2.75) is 19.6 Å². The van der Waals surface area contributed by atoms with Crippen LogP contribution >= 0.6 is 15.9 Å². The Bertz CT molecular complexity index is 81.0. The van der Waals surface area contributed by atoms with Crippen LogP contribution in [0.2, 0.25) is 19.6 Å². The smallest absolute Gasteiger partial charge is 0.0683 e. The van der Waals surface area contributed by atoms with E-state index < -0.39 is 8.07 Å². The molecule has 0 saturated carbocycles. The molecule has 0 aromatic carbocycles. The van der Waals surface area contributed by atoms with Gasteiger partial charge in [-0.1, -0.05) is 47.3 Å². The summed E-state index contributed by atoms with van der Waals surface area (Å²) < 4.78 is 0. The highest BCUT2D eigenvalue weighted by Crippen LogP contribution is 2.01. The zero-order valence-electron chi connectivity index (χ0n) is 5.74. The second-order valence-electron chi connectivity index (χ2n) is 2.92. The second kappa shape index (κ2) is 3.46. The molecule has 0 unspecified atom stereocenters. The van der Waals surface area contributed by atoms with Crippen LogP contribution in [0.15, 0.2) is 11.8 Å². The van der Waals surface area contributed by atoms with Gasteiger partial charge in [0.1, 0.15) is 0 Å². The van der Waals surface area contributed by atoms with Gasteiger partial charge in [0, 0.05) is 5.33 Å². The maximum atomic E-state index is 3.34. The molecule has 0 N–H and O–H groups in total. The molecule has 8 heavy (non-hydrogen) atoms. The van der Waals surface area contributed by atoms with Gasteiger partial charge in [-0.2, -0.15) is 0 Å². The third kappa shape index (κ3) is 6.44. The van der Waals surface area contributed by atoms with Crippen LogP contribution in [0.4, 0.5) is 0 Å². The van der Waals surface area contributed by atoms with Crippen molar-refractivity contribution in [1.82, 2.24) is 0 Å². The minimum atomic E-state index is -0.889. The van der Waals surface area contributed by atoms with Crippen molar-refractivity contribution in [2.75, 3.05) is 5.33 Å². The first-order valence-corrected chi connectivity index (χ1v) is 7.50. The maximum absolute atomic E-state index is 3.34. The van der Waals surface area contributed by atoms with Crippen molar-refractivity contribution in [3.8, 4) is 0 Å². The summed E-state index contributed by atoms with van der Waals surface area (Å²) in [5.74, 6) is 0. The lowest BCUT2D eigenvalue weighted by atomic mass is 10.8. The standard InChI is InChI=1S/C6H13BrSi/c1-8(2,3)6-4-5-7/h4,6H,5H2,1-3H3. The molecule has 0 aliphatic heterocycles. The van der Waals surface area contributed by atoms with E-state index in [9.17, 15) is 0 Å². The van der Waals surface area contributed by atoms with Gasteiger partial charge in [-0.05, 0) is 0 Å². The fourth-order valence-electron chi connectivity index (χ4n) is 0.398. The molecule has 0 bridgehead atoms. The minimum Gasteiger partial charge on any atom is -0.0981 e. The lowest BCUT2D eigenvalue weighted by Crippen LogP contribution is -2.15. The molecule has 0 rings (SSSR count). The molecule has 0 aromatic rings. The Labute approximate surface area is 61.1 Å². The number of hydrogen-bond acceptors (Lipinski definition) is 0. The molecule has 0 spiro atoms. The fourth-order valence-corrected chi connectivity index (χ4v) is 1.76. The zero-order valence-corrected chi connectivity index (χ0v) is 8.33. The Morgan fingerprint density at radius 1 is 1.38 bits per heavy atom. The van der Waals surface area contributed by atoms with E-state index in [0.29, 0.717) is 0 Å². The van der Waals surface area contributed by atoms with E-state index in [2.05, 4.69) is 47.3 Å². The average molecular weight is 193 g/mol. The molecule has 2 heteroatoms. The molecule has 0 fully saturated rings. The van der Waals surface area contributed by atoms with Crippen LogP contribution in [-0.2, 0) is 0 Å². The van der Waals surface area contributed by atoms with Crippen LogP contribution in [0, 0.1) is 0 Å². The summed E-state index contributed by atoms with van der Waals surface area (Å²) in [6, 6.07) is 0. The van der Waals surface area contributed by atoms with Crippen LogP contribution < -0.4 is 0 Å². The largest absolute Gasteiger partial charge is 0.0981 e. The molecular formula is C6H13BrSi. The first-order chi connectivity index (χ1) is 3.56. The lowest BCUT2D eigenvalue weighted by molar-refractivity contribution is 1.72. The van der Waals surface area contributed by atoms with E-state index in [1.165, 1.54) is 0 Å². The monoisotopic (exact) mass is 192 g/mol. The van der Waals surface area contributed by atoms with Crippen molar-refractivity contribution in [2.24, 2.45) is 0 Å². The van der Waals surface area contributed by atoms with Gasteiger partial charge < -0.3 is 0 Å². The Balaban J connectivity index is 3.52. The fraction of sp³-hybridized carbons (Fsp3) is 0.667. The molecule has 0 radical (unpaired) electrons. The first-order valence-electron chi connectivity index (χ1n) is 2.80. The lowest BCUT2D eigenvalue weighted by Gasteiger charge is -2.06. The van der Waals surface area contributed by atoms with Crippen molar-refractivity contribution in [1.29, 1.82) is 0 Å². The van der Waals surface area contributed by atoms with Gasteiger partial charge in [-0.25, -0.2) is 0 Å². The summed E-state index contributed by atoms with van der Waals surface area (Å²) in [5, 5.41) is 0.997. The van der Waals surface area contributed by atoms with Crippen molar-refractivity contribution in [3.05, 3.63) is 11.8 Å². The van der Waals surface area contributed by atoms with Gasteiger partial charge in [0.15, 0.2) is 0 Å². The summed E-state index contributed by atoms with van der Waals surface area (Å²) in [7, 11) is -0.889. The summed E-state index contributed by atoms with van der Waals surface area (Å²) >= 11 is 3.34. The Morgan fingerprint density at radius 3 is 2.00 bits per heavy atom. The average Bonchev–Trinajstić information content (AvgIpc) is 1.59. The molecule has 0 saturated heterocycles. The molecule has 0 aliphatic rings. The molecular weight excluding hydrogens is 180 g/mol. The van der Waals surface area contributed by atoms with Gasteiger partial charge in [-0.15, -0.1) is 0 Å². The van der Waals surface area contributed by atoms with E-state index >= 15 is 0 Å². The van der Waals surface area contributed by atoms with Gasteiger partial charge >= 0.3 is 0 Å². The van der Waals surface area contributed by atoms with Crippen molar-refractivity contribution < 1.29 is 0 Å². The quantitative estimate of drug-likeness (QED) is 0.467. The maximum Gasteiger partial charge on any atom is 0.0683 e. The molecule has 48 valence electrons. The van der Waals surface area contributed by atoms with Crippen molar-refractivity contribution in [3.63, 3.8) is 0 Å². The predicted octanol–water partition coefficient (Wildman–Crippen LogP) is 2.81. The normalized spacial score (nSPS) is 13.0. The van der Waals surface area contributed by atoms with Gasteiger partial charge in [0.05, 0.1) is 8.07 Å². The molecule has 0 aromatic heterocycles. The van der Waals surface area contributed by atoms with Crippen LogP contribution in [0.1, 0.15) is 0 Å². The van der Waals surface area contributed by atoms with E-state index in [1.807, 2.05) is 0 Å². The van der Waals surface area contributed by atoms with E-state index in [1.54, 1.807) is 0 Å². The highest BCUT2D eigenvalue weighted by molar-refractivity contribution is 9.09. The Morgan fingerprint density at radius 2 is 1.88 bits per heavy atom. The Kier molecular flexibility index (Phi) is 3.65. The minimum absolute atomic E-state index is 0.889. The number of hydrogen-bond donors (Lipinski definition) is 0. The zero-order chi connectivity index (χ0) is 6.62. The molecule has 0 nitrogen and oxygen atoms in total. The van der Waals surface area contributed by atoms with E-state index in [-0.39, 0.29) is 0 Å². The molecule has 0 aliphatic carbocycles. The summed E-state index contributed by atoms with van der Waals surface area (Å²) in [5.41, 5.74) is 2.34. The van der Waals surface area contributed by atoms with Gasteiger partial charge in [0.25, 0.3) is 0 Å². The number of allylic oxidation sites excluding steroid dienone is 1. The van der Waals surface area contributed by atoms with Gasteiger partial charge in [0.2, 0.25) is 0 Å². The van der Waals surface area contributed by atoms with Crippen LogP contribution in [0.25, 0.3) is 0 Å². The van der Waals surface area contributed by atoms with Crippen LogP contribution in [0.5, 0.6) is 0 Å². The van der Waals surface area contributed by atoms with E-state index in [4.69, 9.17) is 0 Å². The number of alkyl halides is 1. The number of rotatable bonds is 2. The highest BCUT2D eigenvalue weighted by atomic mass is 79.9. The van der Waals surface area contributed by atoms with Gasteiger partial charge in [-0.3, -0.25) is 0 Å². The second-order valence-corrected chi connectivity index (χ2v) is 8.64. The van der Waals surface area contributed by atoms with Crippen LogP contribution in [-0.4, -0.2) is 13.4 Å². The number of halogens is 1. The molecule has 0 amide bonds. The SMILES string of the molecule is C[Si](C)(C)C=CCBr. The van der Waals surface area contributed by atoms with Crippen molar-refractivity contribution >= 4 is 24.0 Å². The highest BCUT2D eigenvalue weighted by Gasteiger charge is 2.05. The van der Waals surface area contributed by atoms with E-state index in [0.717, 1.165) is 5.33 Å². The third-order valence-corrected chi connectivity index (χ3v) is 2.32.